The summed E-state index contributed by atoms with van der Waals surface area (Å²) in [6.07, 6.45) is 20.5. The predicted molar refractivity (Wildman–Crippen MR) is 148 cm³/mol. The van der Waals surface area contributed by atoms with Gasteiger partial charge in [-0.1, -0.05) is 97.3 Å². The van der Waals surface area contributed by atoms with E-state index in [9.17, 15) is 14.5 Å². The molecule has 208 valence electrons. The van der Waals surface area contributed by atoms with E-state index in [2.05, 4.69) is 32.5 Å². The van der Waals surface area contributed by atoms with Gasteiger partial charge in [-0.25, -0.2) is 4.79 Å². The quantitative estimate of drug-likeness (QED) is 0.0815. The molecule has 0 aliphatic rings. The number of hydrogen-bond acceptors (Lipinski definition) is 6. The lowest BCUT2D eigenvalue weighted by Crippen LogP contribution is -2.37. The first-order chi connectivity index (χ1) is 16.9. The summed E-state index contributed by atoms with van der Waals surface area (Å²) in [5, 5.41) is 16.7. The van der Waals surface area contributed by atoms with E-state index in [0.717, 1.165) is 0 Å². The fraction of sp³-hybridized carbons (Fsp3) is 0.963. The molecular formula is C27H53O6PS. The van der Waals surface area contributed by atoms with Crippen molar-refractivity contribution in [3.05, 3.63) is 0 Å². The number of rotatable bonds is 27. The van der Waals surface area contributed by atoms with E-state index >= 15 is 0 Å². The maximum atomic E-state index is 10.9. The van der Waals surface area contributed by atoms with E-state index in [0.29, 0.717) is 18.3 Å². The van der Waals surface area contributed by atoms with Crippen LogP contribution < -0.4 is 0 Å². The molecule has 0 spiro atoms. The van der Waals surface area contributed by atoms with Gasteiger partial charge in [-0.15, -0.1) is 0 Å². The number of unbranched alkanes of at least 4 members (excludes halogenated alkanes) is 12. The van der Waals surface area contributed by atoms with Crippen LogP contribution in [0, 0.1) is 0 Å². The Morgan fingerprint density at radius 1 is 0.857 bits per heavy atom. The van der Waals surface area contributed by atoms with E-state index in [1.165, 1.54) is 102 Å². The molecule has 2 N–H and O–H groups in total. The third kappa shape index (κ3) is 19.6. The highest BCUT2D eigenvalue weighted by Crippen LogP contribution is 2.25. The minimum absolute atomic E-state index is 0.154. The second-order valence-corrected chi connectivity index (χ2v) is 11.9. The normalized spacial score (nSPS) is 15.2. The monoisotopic (exact) mass is 536 g/mol. The van der Waals surface area contributed by atoms with Crippen LogP contribution in [0.25, 0.3) is 0 Å². The molecule has 0 aromatic heterocycles. The average Bonchev–Trinajstić information content (AvgIpc) is 2.85. The summed E-state index contributed by atoms with van der Waals surface area (Å²) >= 11 is 2.06. The molecule has 0 fully saturated rings. The van der Waals surface area contributed by atoms with Gasteiger partial charge in [0.25, 0.3) is 5.34 Å². The molecule has 3 atom stereocenters. The highest BCUT2D eigenvalue weighted by molar-refractivity contribution is 7.99. The molecule has 0 bridgehead atoms. The van der Waals surface area contributed by atoms with Crippen LogP contribution in [0.3, 0.4) is 0 Å². The van der Waals surface area contributed by atoms with Crippen molar-refractivity contribution in [2.45, 2.75) is 140 Å². The smallest absolute Gasteiger partial charge is 0.350 e. The molecule has 35 heavy (non-hydrogen) atoms. The van der Waals surface area contributed by atoms with Crippen molar-refractivity contribution in [1.82, 2.24) is 0 Å². The van der Waals surface area contributed by atoms with Gasteiger partial charge in [0, 0.05) is 18.5 Å². The predicted octanol–water partition coefficient (Wildman–Crippen LogP) is 7.86. The van der Waals surface area contributed by atoms with E-state index in [4.69, 9.17) is 14.6 Å². The van der Waals surface area contributed by atoms with Gasteiger partial charge in [-0.3, -0.25) is 4.57 Å². The van der Waals surface area contributed by atoms with Crippen LogP contribution in [0.15, 0.2) is 0 Å². The van der Waals surface area contributed by atoms with Gasteiger partial charge >= 0.3 is 5.97 Å². The second kappa shape index (κ2) is 24.2. The molecule has 0 aromatic carbocycles. The zero-order valence-electron chi connectivity index (χ0n) is 22.7. The summed E-state index contributed by atoms with van der Waals surface area (Å²) in [6, 6.07) is 0. The van der Waals surface area contributed by atoms with Gasteiger partial charge < -0.3 is 19.7 Å². The summed E-state index contributed by atoms with van der Waals surface area (Å²) in [5.41, 5.74) is 0. The van der Waals surface area contributed by atoms with Crippen LogP contribution in [0.4, 0.5) is 0 Å². The summed E-state index contributed by atoms with van der Waals surface area (Å²) in [5.74, 6) is -0.362. The molecule has 8 heteroatoms. The number of carboxylic acids is 1. The van der Waals surface area contributed by atoms with Gasteiger partial charge in [0.1, 0.15) is 0 Å². The lowest BCUT2D eigenvalue weighted by Gasteiger charge is -2.24. The van der Waals surface area contributed by atoms with Crippen molar-refractivity contribution < 1.29 is 29.0 Å². The van der Waals surface area contributed by atoms with Gasteiger partial charge in [0.2, 0.25) is 8.46 Å². The standard InChI is InChI=1S/C27H53O6PS/c1-4-6-8-10-11-12-13-15-17-22-35-25(19-16-14-9-7-5-2)24(3)33-21-18-20-32-23-27(30,34-31)26(28)29/h24-25,30H,4-23H2,1-3H3,(H,28,29). The second-order valence-electron chi connectivity index (χ2n) is 9.64. The largest absolute Gasteiger partial charge is 0.478 e. The zero-order chi connectivity index (χ0) is 26.2. The first-order valence-electron chi connectivity index (χ1n) is 14.0. The summed E-state index contributed by atoms with van der Waals surface area (Å²) < 4.78 is 22.2. The third-order valence-electron chi connectivity index (χ3n) is 6.31. The van der Waals surface area contributed by atoms with Crippen LogP contribution in [-0.4, -0.2) is 58.5 Å². The van der Waals surface area contributed by atoms with Crippen LogP contribution in [0.5, 0.6) is 0 Å². The van der Waals surface area contributed by atoms with Crippen molar-refractivity contribution in [3.8, 4) is 0 Å². The van der Waals surface area contributed by atoms with Crippen molar-refractivity contribution in [1.29, 1.82) is 0 Å². The van der Waals surface area contributed by atoms with E-state index in [1.54, 1.807) is 0 Å². The number of aliphatic hydroxyl groups is 1. The SMILES string of the molecule is CCCCCCCCCCCSC(CCCCCCC)C(C)OCCCOCC(O)(P=O)C(=O)O. The van der Waals surface area contributed by atoms with E-state index in [1.807, 2.05) is 0 Å². The van der Waals surface area contributed by atoms with Gasteiger partial charge in [0.05, 0.1) is 12.7 Å². The summed E-state index contributed by atoms with van der Waals surface area (Å²) in [6.45, 7) is 6.93. The minimum atomic E-state index is -2.37. The Morgan fingerprint density at radius 3 is 1.94 bits per heavy atom. The summed E-state index contributed by atoms with van der Waals surface area (Å²) in [7, 11) is -0.870. The Morgan fingerprint density at radius 2 is 1.40 bits per heavy atom. The third-order valence-corrected chi connectivity index (χ3v) is 8.50. The number of ether oxygens (including phenoxy) is 2. The molecule has 0 rings (SSSR count). The topological polar surface area (TPSA) is 93.1 Å². The van der Waals surface area contributed by atoms with Crippen LogP contribution in [0.2, 0.25) is 0 Å². The van der Waals surface area contributed by atoms with Crippen LogP contribution in [-0.2, 0) is 18.8 Å². The molecular weight excluding hydrogens is 483 g/mol. The lowest BCUT2D eigenvalue weighted by molar-refractivity contribution is -0.154. The van der Waals surface area contributed by atoms with Crippen LogP contribution >= 0.6 is 20.2 Å². The number of carbonyl (C=O) groups is 1. The average molecular weight is 537 g/mol. The van der Waals surface area contributed by atoms with Crippen molar-refractivity contribution in [2.75, 3.05) is 25.6 Å². The molecule has 0 heterocycles. The maximum absolute atomic E-state index is 10.9. The first-order valence-corrected chi connectivity index (χ1v) is 15.9. The number of aliphatic carboxylic acids is 1. The number of hydrogen-bond donors (Lipinski definition) is 2. The van der Waals surface area contributed by atoms with E-state index in [-0.39, 0.29) is 12.7 Å². The maximum Gasteiger partial charge on any atom is 0.350 e. The molecule has 6 nitrogen and oxygen atoms in total. The molecule has 0 amide bonds. The Balaban J connectivity index is 4.17. The Kier molecular flexibility index (Phi) is 24.0. The van der Waals surface area contributed by atoms with E-state index < -0.39 is 26.4 Å². The van der Waals surface area contributed by atoms with Gasteiger partial charge in [0.15, 0.2) is 0 Å². The fourth-order valence-electron chi connectivity index (χ4n) is 3.93. The van der Waals surface area contributed by atoms with Crippen LogP contribution in [0.1, 0.15) is 124 Å². The van der Waals surface area contributed by atoms with Gasteiger partial charge in [-0.2, -0.15) is 11.8 Å². The highest BCUT2D eigenvalue weighted by Gasteiger charge is 2.37. The van der Waals surface area contributed by atoms with Crippen molar-refractivity contribution >= 4 is 26.2 Å². The zero-order valence-corrected chi connectivity index (χ0v) is 24.4. The Labute approximate surface area is 220 Å². The molecule has 0 aliphatic heterocycles. The van der Waals surface area contributed by atoms with Gasteiger partial charge in [-0.05, 0) is 31.9 Å². The van der Waals surface area contributed by atoms with Crippen molar-refractivity contribution in [3.63, 3.8) is 0 Å². The van der Waals surface area contributed by atoms with Crippen molar-refractivity contribution in [2.24, 2.45) is 0 Å². The first kappa shape index (κ1) is 34.8. The summed E-state index contributed by atoms with van der Waals surface area (Å²) in [4.78, 5) is 10.9. The molecule has 0 saturated carbocycles. The Bertz CT molecular complexity index is 510. The number of thioether (sulfide) groups is 1. The Hall–Kier alpha value is -0.200. The molecule has 3 unspecified atom stereocenters. The molecule has 0 aliphatic carbocycles. The number of carboxylic acid groups (broad SMARTS) is 1. The fourth-order valence-corrected chi connectivity index (χ4v) is 5.51. The molecule has 0 radical (unpaired) electrons. The minimum Gasteiger partial charge on any atom is -0.478 e. The molecule has 0 saturated heterocycles. The lowest BCUT2D eigenvalue weighted by atomic mass is 10.1. The molecule has 0 aromatic rings. The highest BCUT2D eigenvalue weighted by atomic mass is 32.2.